The van der Waals surface area contributed by atoms with Gasteiger partial charge in [-0.3, -0.25) is 0 Å². The summed E-state index contributed by atoms with van der Waals surface area (Å²) in [6, 6.07) is 7.16. The monoisotopic (exact) mass is 323 g/mol. The van der Waals surface area contributed by atoms with Crippen molar-refractivity contribution in [2.75, 3.05) is 6.26 Å². The van der Waals surface area contributed by atoms with Crippen LogP contribution in [0.2, 0.25) is 0 Å². The fraction of sp³-hybridized carbons (Fsp3) is 0.500. The molecule has 1 aromatic heterocycles. The summed E-state index contributed by atoms with van der Waals surface area (Å²) in [6.45, 7) is 6.60. The highest BCUT2D eigenvalue weighted by molar-refractivity contribution is 7.90. The largest absolute Gasteiger partial charge is 0.303 e. The first-order chi connectivity index (χ1) is 10.3. The molecule has 1 heterocycles. The van der Waals surface area contributed by atoms with E-state index in [4.69, 9.17) is 0 Å². The van der Waals surface area contributed by atoms with Crippen molar-refractivity contribution in [1.29, 1.82) is 0 Å². The first kappa shape index (κ1) is 16.6. The van der Waals surface area contributed by atoms with Crippen LogP contribution in [0.15, 0.2) is 29.2 Å². The predicted molar refractivity (Wildman–Crippen MR) is 83.0 cm³/mol. The molecule has 0 aliphatic rings. The van der Waals surface area contributed by atoms with E-state index in [9.17, 15) is 8.42 Å². The molecule has 0 saturated carbocycles. The van der Waals surface area contributed by atoms with Crippen LogP contribution in [0.5, 0.6) is 0 Å². The van der Waals surface area contributed by atoms with E-state index in [-0.39, 0.29) is 12.1 Å². The molecule has 1 N–H and O–H groups in total. The van der Waals surface area contributed by atoms with Gasteiger partial charge in [0.15, 0.2) is 15.7 Å². The Bertz CT molecular complexity index is 722. The summed E-state index contributed by atoms with van der Waals surface area (Å²) in [5.74, 6) is 0.773. The smallest absolute Gasteiger partial charge is 0.175 e. The number of nitrogens with zero attached hydrogens (tertiary/aromatic N) is 4. The Morgan fingerprint density at radius 2 is 1.82 bits per heavy atom. The van der Waals surface area contributed by atoms with Crippen molar-refractivity contribution < 1.29 is 8.42 Å². The highest BCUT2D eigenvalue weighted by atomic mass is 32.2. The number of aromatic nitrogens is 4. The first-order valence-electron chi connectivity index (χ1n) is 7.09. The van der Waals surface area contributed by atoms with Crippen LogP contribution in [-0.2, 0) is 16.4 Å². The molecule has 1 atom stereocenters. The molecule has 8 heteroatoms. The average molecular weight is 323 g/mol. The fourth-order valence-corrected chi connectivity index (χ4v) is 2.73. The summed E-state index contributed by atoms with van der Waals surface area (Å²) < 4.78 is 24.7. The van der Waals surface area contributed by atoms with E-state index < -0.39 is 9.84 Å². The third-order valence-electron chi connectivity index (χ3n) is 3.42. The molecule has 22 heavy (non-hydrogen) atoms. The lowest BCUT2D eigenvalue weighted by molar-refractivity contribution is 0.468. The molecule has 2 aromatic rings. The van der Waals surface area contributed by atoms with E-state index in [0.717, 1.165) is 11.4 Å². The Balaban J connectivity index is 2.03. The van der Waals surface area contributed by atoms with Crippen molar-refractivity contribution in [2.24, 2.45) is 0 Å². The van der Waals surface area contributed by atoms with Gasteiger partial charge in [-0.25, -0.2) is 13.1 Å². The summed E-state index contributed by atoms with van der Waals surface area (Å²) in [7, 11) is -3.16. The molecule has 0 radical (unpaired) electrons. The van der Waals surface area contributed by atoms with Gasteiger partial charge < -0.3 is 5.32 Å². The van der Waals surface area contributed by atoms with Gasteiger partial charge in [-0.2, -0.15) is 0 Å². The lowest BCUT2D eigenvalue weighted by Gasteiger charge is -2.15. The van der Waals surface area contributed by atoms with E-state index >= 15 is 0 Å². The number of sulfone groups is 1. The van der Waals surface area contributed by atoms with Gasteiger partial charge >= 0.3 is 0 Å². The Kier molecular flexibility index (Phi) is 4.92. The summed E-state index contributed by atoms with van der Waals surface area (Å²) in [4.78, 5) is 0.326. The molecule has 7 nitrogen and oxygen atoms in total. The van der Waals surface area contributed by atoms with Crippen LogP contribution in [0, 0.1) is 0 Å². The van der Waals surface area contributed by atoms with Crippen molar-refractivity contribution in [3.63, 3.8) is 0 Å². The third kappa shape index (κ3) is 3.89. The molecule has 0 aliphatic carbocycles. The Morgan fingerprint density at radius 1 is 1.18 bits per heavy atom. The first-order valence-corrected chi connectivity index (χ1v) is 8.98. The fourth-order valence-electron chi connectivity index (χ4n) is 2.10. The van der Waals surface area contributed by atoms with Crippen molar-refractivity contribution in [1.82, 2.24) is 25.5 Å². The van der Waals surface area contributed by atoms with Gasteiger partial charge in [-0.05, 0) is 48.9 Å². The molecule has 1 aromatic carbocycles. The molecular formula is C14H21N5O2S. The SMILES string of the molecule is CC(NCc1nnnn1C(C)C)c1ccc(S(C)(=O)=O)cc1. The van der Waals surface area contributed by atoms with E-state index in [1.165, 1.54) is 6.26 Å². The third-order valence-corrected chi connectivity index (χ3v) is 4.55. The van der Waals surface area contributed by atoms with Crippen molar-refractivity contribution in [3.05, 3.63) is 35.7 Å². The van der Waals surface area contributed by atoms with Crippen molar-refractivity contribution >= 4 is 9.84 Å². The van der Waals surface area contributed by atoms with Crippen LogP contribution in [0.3, 0.4) is 0 Å². The highest BCUT2D eigenvalue weighted by Gasteiger charge is 2.12. The van der Waals surface area contributed by atoms with Gasteiger partial charge in [-0.1, -0.05) is 12.1 Å². The zero-order chi connectivity index (χ0) is 16.3. The summed E-state index contributed by atoms with van der Waals surface area (Å²) in [5.41, 5.74) is 1.01. The Labute approximate surface area is 130 Å². The quantitative estimate of drug-likeness (QED) is 0.866. The summed E-state index contributed by atoms with van der Waals surface area (Å²) in [5, 5.41) is 15.0. The van der Waals surface area contributed by atoms with E-state index in [1.807, 2.05) is 32.9 Å². The Hall–Kier alpha value is -1.80. The average Bonchev–Trinajstić information content (AvgIpc) is 2.92. The van der Waals surface area contributed by atoms with Crippen LogP contribution >= 0.6 is 0 Å². The lowest BCUT2D eigenvalue weighted by atomic mass is 10.1. The van der Waals surface area contributed by atoms with Gasteiger partial charge in [0.05, 0.1) is 17.5 Å². The van der Waals surface area contributed by atoms with Gasteiger partial charge in [0.1, 0.15) is 0 Å². The van der Waals surface area contributed by atoms with E-state index in [0.29, 0.717) is 11.4 Å². The van der Waals surface area contributed by atoms with Crippen LogP contribution in [0.25, 0.3) is 0 Å². The molecule has 0 bridgehead atoms. The molecule has 0 spiro atoms. The zero-order valence-corrected chi connectivity index (χ0v) is 14.0. The molecular weight excluding hydrogens is 302 g/mol. The van der Waals surface area contributed by atoms with Gasteiger partial charge in [-0.15, -0.1) is 5.10 Å². The number of hydrogen-bond donors (Lipinski definition) is 1. The van der Waals surface area contributed by atoms with Crippen LogP contribution in [0.4, 0.5) is 0 Å². The molecule has 0 amide bonds. The van der Waals surface area contributed by atoms with E-state index in [2.05, 4.69) is 20.8 Å². The normalized spacial score (nSPS) is 13.5. The number of nitrogens with one attached hydrogen (secondary N) is 1. The highest BCUT2D eigenvalue weighted by Crippen LogP contribution is 2.16. The molecule has 0 aliphatic heterocycles. The maximum Gasteiger partial charge on any atom is 0.175 e. The topological polar surface area (TPSA) is 89.8 Å². The van der Waals surface area contributed by atoms with Crippen molar-refractivity contribution in [2.45, 2.75) is 44.3 Å². The van der Waals surface area contributed by atoms with Crippen LogP contribution < -0.4 is 5.32 Å². The van der Waals surface area contributed by atoms with Crippen molar-refractivity contribution in [3.8, 4) is 0 Å². The minimum absolute atomic E-state index is 0.0610. The number of tetrazole rings is 1. The Morgan fingerprint density at radius 3 is 2.36 bits per heavy atom. The minimum Gasteiger partial charge on any atom is -0.303 e. The lowest BCUT2D eigenvalue weighted by Crippen LogP contribution is -2.21. The maximum atomic E-state index is 11.5. The van der Waals surface area contributed by atoms with Gasteiger partial charge in [0.2, 0.25) is 0 Å². The zero-order valence-electron chi connectivity index (χ0n) is 13.2. The summed E-state index contributed by atoms with van der Waals surface area (Å²) in [6.07, 6.45) is 1.20. The van der Waals surface area contributed by atoms with Crippen LogP contribution in [-0.4, -0.2) is 34.9 Å². The molecule has 120 valence electrons. The standard InChI is InChI=1S/C14H21N5O2S/c1-10(2)19-14(16-17-18-19)9-15-11(3)12-5-7-13(8-6-12)22(4,20)21/h5-8,10-11,15H,9H2,1-4H3. The molecule has 0 fully saturated rings. The molecule has 0 saturated heterocycles. The second-order valence-electron chi connectivity index (χ2n) is 5.58. The minimum atomic E-state index is -3.16. The second kappa shape index (κ2) is 6.53. The second-order valence-corrected chi connectivity index (χ2v) is 7.59. The molecule has 1 unspecified atom stereocenters. The number of benzene rings is 1. The van der Waals surface area contributed by atoms with E-state index in [1.54, 1.807) is 16.8 Å². The van der Waals surface area contributed by atoms with Gasteiger partial charge in [0, 0.05) is 12.3 Å². The van der Waals surface area contributed by atoms with Gasteiger partial charge in [0.25, 0.3) is 0 Å². The maximum absolute atomic E-state index is 11.5. The molecule has 2 rings (SSSR count). The predicted octanol–water partition coefficient (Wildman–Crippen LogP) is 1.51. The number of hydrogen-bond acceptors (Lipinski definition) is 6. The number of rotatable bonds is 6. The van der Waals surface area contributed by atoms with Crippen LogP contribution in [0.1, 0.15) is 44.2 Å². The summed E-state index contributed by atoms with van der Waals surface area (Å²) >= 11 is 0.